The topological polar surface area (TPSA) is 80.6 Å². The molecule has 7 heteroatoms. The number of fused-ring (bicyclic) bond motifs is 2. The predicted molar refractivity (Wildman–Crippen MR) is 115 cm³/mol. The fourth-order valence-corrected chi connectivity index (χ4v) is 4.98. The third-order valence-corrected chi connectivity index (χ3v) is 6.43. The van der Waals surface area contributed by atoms with Gasteiger partial charge in [0.2, 0.25) is 0 Å². The maximum atomic E-state index is 13.2. The van der Waals surface area contributed by atoms with E-state index in [1.54, 1.807) is 6.07 Å². The fraction of sp³-hybridized carbons (Fsp3) is 0.273. The highest BCUT2D eigenvalue weighted by molar-refractivity contribution is 7.98. The highest BCUT2D eigenvalue weighted by Gasteiger charge is 2.23. The minimum atomic E-state index is -0.147. The lowest BCUT2D eigenvalue weighted by Gasteiger charge is -2.18. The molecule has 6 nitrogen and oxygen atoms in total. The van der Waals surface area contributed by atoms with E-state index in [2.05, 4.69) is 9.97 Å². The Labute approximate surface area is 171 Å². The van der Waals surface area contributed by atoms with Crippen LogP contribution in [0.25, 0.3) is 21.8 Å². The van der Waals surface area contributed by atoms with Gasteiger partial charge in [-0.05, 0) is 37.1 Å². The minimum absolute atomic E-state index is 0.0185. The van der Waals surface area contributed by atoms with Crippen molar-refractivity contribution in [3.63, 3.8) is 0 Å². The second-order valence-corrected chi connectivity index (χ2v) is 8.29. The Hall–Kier alpha value is -2.93. The van der Waals surface area contributed by atoms with Gasteiger partial charge < -0.3 is 4.98 Å². The molecule has 1 fully saturated rings. The molecule has 5 rings (SSSR count). The quantitative estimate of drug-likeness (QED) is 0.410. The SMILES string of the molecule is O=c1[nH]c(CSc2nc3ccccc3c(=O)n2C2CCCC2)nc2ccccc12. The Morgan fingerprint density at radius 2 is 1.59 bits per heavy atom. The third-order valence-electron chi connectivity index (χ3n) is 5.47. The number of hydrogen-bond acceptors (Lipinski definition) is 5. The molecule has 29 heavy (non-hydrogen) atoms. The summed E-state index contributed by atoms with van der Waals surface area (Å²) in [6, 6.07) is 15.0. The summed E-state index contributed by atoms with van der Waals surface area (Å²) < 4.78 is 1.86. The molecule has 1 aliphatic rings. The summed E-state index contributed by atoms with van der Waals surface area (Å²) in [5, 5.41) is 1.92. The molecule has 4 aromatic rings. The molecular weight excluding hydrogens is 384 g/mol. The smallest absolute Gasteiger partial charge is 0.262 e. The molecule has 0 unspecified atom stereocenters. The van der Waals surface area contributed by atoms with Crippen LogP contribution in [0.15, 0.2) is 63.3 Å². The summed E-state index contributed by atoms with van der Waals surface area (Å²) in [6.45, 7) is 0. The number of rotatable bonds is 4. The van der Waals surface area contributed by atoms with Crippen LogP contribution in [0.2, 0.25) is 0 Å². The predicted octanol–water partition coefficient (Wildman–Crippen LogP) is 4.04. The third kappa shape index (κ3) is 3.35. The van der Waals surface area contributed by atoms with Crippen LogP contribution >= 0.6 is 11.8 Å². The molecule has 0 amide bonds. The van der Waals surface area contributed by atoms with Crippen molar-refractivity contribution in [3.05, 3.63) is 75.1 Å². The van der Waals surface area contributed by atoms with Crippen molar-refractivity contribution in [2.45, 2.75) is 42.6 Å². The number of benzene rings is 2. The zero-order chi connectivity index (χ0) is 19.8. The van der Waals surface area contributed by atoms with Crippen LogP contribution in [0.4, 0.5) is 0 Å². The van der Waals surface area contributed by atoms with Gasteiger partial charge >= 0.3 is 0 Å². The summed E-state index contributed by atoms with van der Waals surface area (Å²) >= 11 is 1.45. The number of thioether (sulfide) groups is 1. The summed E-state index contributed by atoms with van der Waals surface area (Å²) in [5.41, 5.74) is 1.25. The number of aromatic nitrogens is 4. The summed E-state index contributed by atoms with van der Waals surface area (Å²) in [6.07, 6.45) is 4.26. The van der Waals surface area contributed by atoms with Crippen LogP contribution in [0.5, 0.6) is 0 Å². The molecule has 146 valence electrons. The maximum Gasteiger partial charge on any atom is 0.262 e. The van der Waals surface area contributed by atoms with E-state index in [9.17, 15) is 9.59 Å². The van der Waals surface area contributed by atoms with Gasteiger partial charge in [-0.15, -0.1) is 0 Å². The standard InChI is InChI=1S/C22H20N4O2S/c27-20-15-9-3-5-11-17(15)23-19(25-20)13-29-22-24-18-12-6-4-10-16(18)21(28)26(22)14-7-1-2-8-14/h3-6,9-12,14H,1-2,7-8,13H2,(H,23,25,27). The molecule has 2 heterocycles. The molecule has 0 radical (unpaired) electrons. The molecule has 1 saturated carbocycles. The monoisotopic (exact) mass is 404 g/mol. The van der Waals surface area contributed by atoms with Crippen LogP contribution in [0, 0.1) is 0 Å². The van der Waals surface area contributed by atoms with Crippen LogP contribution < -0.4 is 11.1 Å². The lowest BCUT2D eigenvalue weighted by atomic mass is 10.2. The highest BCUT2D eigenvalue weighted by atomic mass is 32.2. The van der Waals surface area contributed by atoms with Crippen molar-refractivity contribution in [1.29, 1.82) is 0 Å². The molecule has 0 atom stereocenters. The average Bonchev–Trinajstić information content (AvgIpc) is 3.27. The summed E-state index contributed by atoms with van der Waals surface area (Å²) in [5.74, 6) is 1.02. The number of nitrogens with zero attached hydrogens (tertiary/aromatic N) is 3. The van der Waals surface area contributed by atoms with Crippen LogP contribution in [-0.2, 0) is 5.75 Å². The number of aromatic amines is 1. The first-order valence-corrected chi connectivity index (χ1v) is 10.8. The Bertz CT molecular complexity index is 1320. The van der Waals surface area contributed by atoms with Crippen molar-refractivity contribution in [2.24, 2.45) is 0 Å². The van der Waals surface area contributed by atoms with Gasteiger partial charge in [-0.1, -0.05) is 48.9 Å². The number of para-hydroxylation sites is 2. The average molecular weight is 404 g/mol. The van der Waals surface area contributed by atoms with Crippen LogP contribution in [0.1, 0.15) is 37.5 Å². The first kappa shape index (κ1) is 18.1. The number of H-pyrrole nitrogens is 1. The largest absolute Gasteiger partial charge is 0.309 e. The van der Waals surface area contributed by atoms with E-state index in [4.69, 9.17) is 4.98 Å². The van der Waals surface area contributed by atoms with Crippen LogP contribution in [-0.4, -0.2) is 19.5 Å². The van der Waals surface area contributed by atoms with E-state index in [1.807, 2.05) is 47.0 Å². The molecular formula is C22H20N4O2S. The van der Waals surface area contributed by atoms with E-state index in [0.717, 1.165) is 25.7 Å². The van der Waals surface area contributed by atoms with Gasteiger partial charge in [-0.3, -0.25) is 14.2 Å². The van der Waals surface area contributed by atoms with Crippen molar-refractivity contribution in [1.82, 2.24) is 19.5 Å². The Morgan fingerprint density at radius 1 is 0.931 bits per heavy atom. The van der Waals surface area contributed by atoms with Crippen molar-refractivity contribution in [3.8, 4) is 0 Å². The first-order chi connectivity index (χ1) is 14.2. The molecule has 2 aromatic heterocycles. The van der Waals surface area contributed by atoms with E-state index < -0.39 is 0 Å². The van der Waals surface area contributed by atoms with Gasteiger partial charge in [-0.2, -0.15) is 0 Å². The maximum absolute atomic E-state index is 13.2. The van der Waals surface area contributed by atoms with Crippen molar-refractivity contribution in [2.75, 3.05) is 0 Å². The van der Waals surface area contributed by atoms with Gasteiger partial charge in [0, 0.05) is 6.04 Å². The second kappa shape index (κ2) is 7.48. The first-order valence-electron chi connectivity index (χ1n) is 9.83. The second-order valence-electron chi connectivity index (χ2n) is 7.34. The number of hydrogen-bond donors (Lipinski definition) is 1. The van der Waals surface area contributed by atoms with Gasteiger partial charge in [0.05, 0.1) is 27.6 Å². The molecule has 0 spiro atoms. The molecule has 0 bridgehead atoms. The normalized spacial score (nSPS) is 14.8. The molecule has 0 aliphatic heterocycles. The molecule has 0 saturated heterocycles. The lowest BCUT2D eigenvalue weighted by Crippen LogP contribution is -2.26. The van der Waals surface area contributed by atoms with Gasteiger partial charge in [-0.25, -0.2) is 9.97 Å². The number of nitrogens with one attached hydrogen (secondary N) is 1. The summed E-state index contributed by atoms with van der Waals surface area (Å²) in [7, 11) is 0. The minimum Gasteiger partial charge on any atom is -0.309 e. The zero-order valence-corrected chi connectivity index (χ0v) is 16.6. The highest BCUT2D eigenvalue weighted by Crippen LogP contribution is 2.32. The van der Waals surface area contributed by atoms with E-state index >= 15 is 0 Å². The Kier molecular flexibility index (Phi) is 4.67. The fourth-order valence-electron chi connectivity index (χ4n) is 4.05. The van der Waals surface area contributed by atoms with Crippen molar-refractivity contribution < 1.29 is 0 Å². The zero-order valence-electron chi connectivity index (χ0n) is 15.8. The van der Waals surface area contributed by atoms with Gasteiger partial charge in [0.25, 0.3) is 11.1 Å². The van der Waals surface area contributed by atoms with Crippen LogP contribution in [0.3, 0.4) is 0 Å². The Morgan fingerprint density at radius 3 is 2.34 bits per heavy atom. The lowest BCUT2D eigenvalue weighted by molar-refractivity contribution is 0.457. The molecule has 2 aromatic carbocycles. The van der Waals surface area contributed by atoms with Crippen molar-refractivity contribution >= 4 is 33.6 Å². The Balaban J connectivity index is 1.55. The van der Waals surface area contributed by atoms with Gasteiger partial charge in [0.15, 0.2) is 5.16 Å². The van der Waals surface area contributed by atoms with Gasteiger partial charge in [0.1, 0.15) is 5.82 Å². The molecule has 1 aliphatic carbocycles. The molecule has 1 N–H and O–H groups in total. The van der Waals surface area contributed by atoms with E-state index in [-0.39, 0.29) is 17.2 Å². The summed E-state index contributed by atoms with van der Waals surface area (Å²) in [4.78, 5) is 37.8. The van der Waals surface area contributed by atoms with E-state index in [0.29, 0.717) is 38.5 Å². The van der Waals surface area contributed by atoms with E-state index in [1.165, 1.54) is 11.8 Å².